The number of aryl methyl sites for hydroxylation is 1. The molecule has 3 rings (SSSR count). The molecule has 0 aromatic heterocycles. The van der Waals surface area contributed by atoms with Gasteiger partial charge in [-0.15, -0.1) is 0 Å². The van der Waals surface area contributed by atoms with Crippen LogP contribution in [0.3, 0.4) is 0 Å². The Kier molecular flexibility index (Phi) is 5.99. The average Bonchev–Trinajstić information content (AvgIpc) is 2.63. The van der Waals surface area contributed by atoms with E-state index in [-0.39, 0.29) is 0 Å². The number of morpholine rings is 1. The van der Waals surface area contributed by atoms with E-state index in [2.05, 4.69) is 4.90 Å². The van der Waals surface area contributed by atoms with E-state index in [9.17, 15) is 8.42 Å². The molecule has 2 aliphatic rings. The number of benzene rings is 1. The maximum Gasteiger partial charge on any atom is 0.243 e. The summed E-state index contributed by atoms with van der Waals surface area (Å²) in [4.78, 5) is 2.79. The minimum absolute atomic E-state index is 0.359. The minimum Gasteiger partial charge on any atom is -0.496 e. The maximum atomic E-state index is 12.9. The number of nitrogens with zero attached hydrogens (tertiary/aromatic N) is 2. The standard InChI is InChI=1S/C18H28N2O4S/c1-15-13-17(3-4-18(15)23-2)25(21,22)20-7-5-16(6-8-20)14-19-9-11-24-12-10-19/h3-4,13,16H,5-12,14H2,1-2H3. The van der Waals surface area contributed by atoms with Crippen molar-refractivity contribution in [2.45, 2.75) is 24.7 Å². The summed E-state index contributed by atoms with van der Waals surface area (Å²) < 4.78 is 38.0. The zero-order chi connectivity index (χ0) is 17.9. The van der Waals surface area contributed by atoms with E-state index < -0.39 is 10.0 Å². The fourth-order valence-corrected chi connectivity index (χ4v) is 5.20. The molecule has 2 heterocycles. The first-order chi connectivity index (χ1) is 12.0. The Hall–Kier alpha value is -1.15. The first kappa shape index (κ1) is 18.6. The lowest BCUT2D eigenvalue weighted by Gasteiger charge is -2.35. The Labute approximate surface area is 150 Å². The molecule has 0 atom stereocenters. The molecule has 0 aliphatic carbocycles. The van der Waals surface area contributed by atoms with Crippen LogP contribution in [0.5, 0.6) is 5.75 Å². The van der Waals surface area contributed by atoms with Gasteiger partial charge in [0.05, 0.1) is 25.2 Å². The second-order valence-corrected chi connectivity index (χ2v) is 8.83. The third kappa shape index (κ3) is 4.34. The minimum atomic E-state index is -3.42. The van der Waals surface area contributed by atoms with Gasteiger partial charge in [-0.3, -0.25) is 4.90 Å². The Bertz CT molecular complexity index is 678. The van der Waals surface area contributed by atoms with Crippen molar-refractivity contribution in [3.8, 4) is 5.75 Å². The Morgan fingerprint density at radius 2 is 1.84 bits per heavy atom. The third-order valence-electron chi connectivity index (χ3n) is 5.20. The summed E-state index contributed by atoms with van der Waals surface area (Å²) in [7, 11) is -1.83. The Morgan fingerprint density at radius 3 is 2.44 bits per heavy atom. The highest BCUT2D eigenvalue weighted by molar-refractivity contribution is 7.89. The zero-order valence-electron chi connectivity index (χ0n) is 15.1. The molecule has 2 saturated heterocycles. The van der Waals surface area contributed by atoms with Gasteiger partial charge >= 0.3 is 0 Å². The summed E-state index contributed by atoms with van der Waals surface area (Å²) in [6, 6.07) is 5.07. The number of rotatable bonds is 5. The summed E-state index contributed by atoms with van der Waals surface area (Å²) in [6.45, 7) is 7.72. The second-order valence-electron chi connectivity index (χ2n) is 6.89. The number of ether oxygens (including phenoxy) is 2. The van der Waals surface area contributed by atoms with E-state index >= 15 is 0 Å². The fourth-order valence-electron chi connectivity index (χ4n) is 3.64. The highest BCUT2D eigenvalue weighted by Crippen LogP contribution is 2.27. The predicted molar refractivity (Wildman–Crippen MR) is 96.5 cm³/mol. The molecular weight excluding hydrogens is 340 g/mol. The van der Waals surface area contributed by atoms with Gasteiger partial charge in [-0.05, 0) is 49.4 Å². The third-order valence-corrected chi connectivity index (χ3v) is 7.09. The van der Waals surface area contributed by atoms with Crippen molar-refractivity contribution in [1.82, 2.24) is 9.21 Å². The van der Waals surface area contributed by atoms with Crippen molar-refractivity contribution in [1.29, 1.82) is 0 Å². The molecule has 25 heavy (non-hydrogen) atoms. The molecule has 1 aromatic carbocycles. The van der Waals surface area contributed by atoms with Crippen LogP contribution < -0.4 is 4.74 Å². The van der Waals surface area contributed by atoms with Crippen LogP contribution in [-0.2, 0) is 14.8 Å². The molecule has 1 aromatic rings. The Morgan fingerprint density at radius 1 is 1.16 bits per heavy atom. The molecule has 7 heteroatoms. The van der Waals surface area contributed by atoms with Gasteiger partial charge in [-0.2, -0.15) is 4.31 Å². The molecule has 0 radical (unpaired) electrons. The smallest absolute Gasteiger partial charge is 0.243 e. The van der Waals surface area contributed by atoms with Gasteiger partial charge in [0.1, 0.15) is 5.75 Å². The summed E-state index contributed by atoms with van der Waals surface area (Å²) in [5.41, 5.74) is 0.839. The van der Waals surface area contributed by atoms with Gasteiger partial charge in [0.25, 0.3) is 0 Å². The SMILES string of the molecule is COc1ccc(S(=O)(=O)N2CCC(CN3CCOCC3)CC2)cc1C. The zero-order valence-corrected chi connectivity index (χ0v) is 15.9. The van der Waals surface area contributed by atoms with Crippen molar-refractivity contribution in [2.75, 3.05) is 53.0 Å². The van der Waals surface area contributed by atoms with Crippen molar-refractivity contribution < 1.29 is 17.9 Å². The van der Waals surface area contributed by atoms with Crippen molar-refractivity contribution in [3.63, 3.8) is 0 Å². The Balaban J connectivity index is 1.60. The number of methoxy groups -OCH3 is 1. The van der Waals surface area contributed by atoms with Gasteiger partial charge < -0.3 is 9.47 Å². The van der Waals surface area contributed by atoms with Crippen molar-refractivity contribution in [2.24, 2.45) is 5.92 Å². The van der Waals surface area contributed by atoms with Crippen molar-refractivity contribution in [3.05, 3.63) is 23.8 Å². The molecule has 140 valence electrons. The lowest BCUT2D eigenvalue weighted by molar-refractivity contribution is 0.0269. The largest absolute Gasteiger partial charge is 0.496 e. The first-order valence-corrected chi connectivity index (χ1v) is 10.4. The highest BCUT2D eigenvalue weighted by Gasteiger charge is 2.30. The summed E-state index contributed by atoms with van der Waals surface area (Å²) in [5, 5.41) is 0. The van der Waals surface area contributed by atoms with Crippen LogP contribution in [0.2, 0.25) is 0 Å². The van der Waals surface area contributed by atoms with Crippen molar-refractivity contribution >= 4 is 10.0 Å². The molecule has 0 spiro atoms. The molecule has 2 aliphatic heterocycles. The molecule has 0 unspecified atom stereocenters. The van der Waals surface area contributed by atoms with Gasteiger partial charge in [0.15, 0.2) is 0 Å². The molecular formula is C18H28N2O4S. The summed E-state index contributed by atoms with van der Waals surface area (Å²) in [6.07, 6.45) is 1.84. The molecule has 2 fully saturated rings. The number of piperidine rings is 1. The number of sulfonamides is 1. The first-order valence-electron chi connectivity index (χ1n) is 8.95. The average molecular weight is 368 g/mol. The van der Waals surface area contributed by atoms with E-state index in [0.29, 0.717) is 29.7 Å². The molecule has 0 saturated carbocycles. The van der Waals surface area contributed by atoms with Crippen LogP contribution in [0.25, 0.3) is 0 Å². The lowest BCUT2D eigenvalue weighted by Crippen LogP contribution is -2.44. The van der Waals surface area contributed by atoms with Crippen LogP contribution in [0, 0.1) is 12.8 Å². The van der Waals surface area contributed by atoms with Crippen LogP contribution >= 0.6 is 0 Å². The molecule has 0 amide bonds. The van der Waals surface area contributed by atoms with Gasteiger partial charge in [-0.25, -0.2) is 8.42 Å². The van der Waals surface area contributed by atoms with E-state index in [1.165, 1.54) is 0 Å². The van der Waals surface area contributed by atoms with Gasteiger partial charge in [0.2, 0.25) is 10.0 Å². The fraction of sp³-hybridized carbons (Fsp3) is 0.667. The highest BCUT2D eigenvalue weighted by atomic mass is 32.2. The summed E-state index contributed by atoms with van der Waals surface area (Å²) >= 11 is 0. The van der Waals surface area contributed by atoms with Crippen LogP contribution in [0.1, 0.15) is 18.4 Å². The van der Waals surface area contributed by atoms with E-state index in [1.54, 1.807) is 29.6 Å². The predicted octanol–water partition coefficient (Wildman–Crippen LogP) is 1.74. The monoisotopic (exact) mass is 368 g/mol. The second kappa shape index (κ2) is 8.03. The lowest BCUT2D eigenvalue weighted by atomic mass is 9.97. The summed E-state index contributed by atoms with van der Waals surface area (Å²) in [5.74, 6) is 1.28. The number of hydrogen-bond acceptors (Lipinski definition) is 5. The van der Waals surface area contributed by atoms with E-state index in [1.807, 2.05) is 6.92 Å². The number of hydrogen-bond donors (Lipinski definition) is 0. The topological polar surface area (TPSA) is 59.1 Å². The molecule has 0 bridgehead atoms. The quantitative estimate of drug-likeness (QED) is 0.792. The van der Waals surface area contributed by atoms with E-state index in [0.717, 1.165) is 51.3 Å². The molecule has 6 nitrogen and oxygen atoms in total. The van der Waals surface area contributed by atoms with E-state index in [4.69, 9.17) is 9.47 Å². The van der Waals surface area contributed by atoms with Crippen LogP contribution in [0.4, 0.5) is 0 Å². The normalized spacial score (nSPS) is 21.4. The van der Waals surface area contributed by atoms with Crippen LogP contribution in [-0.4, -0.2) is 70.7 Å². The van der Waals surface area contributed by atoms with Crippen LogP contribution in [0.15, 0.2) is 23.1 Å². The molecule has 0 N–H and O–H groups in total. The van der Waals surface area contributed by atoms with Gasteiger partial charge in [0, 0.05) is 32.7 Å². The maximum absolute atomic E-state index is 12.9. The van der Waals surface area contributed by atoms with Gasteiger partial charge in [-0.1, -0.05) is 0 Å².